The first-order valence-corrected chi connectivity index (χ1v) is 10.6. The number of benzene rings is 2. The fourth-order valence-corrected chi connectivity index (χ4v) is 4.58. The van der Waals surface area contributed by atoms with Gasteiger partial charge in [-0.15, -0.1) is 16.8 Å². The summed E-state index contributed by atoms with van der Waals surface area (Å²) in [5, 5.41) is 13.0. The minimum absolute atomic E-state index is 0.0668. The van der Waals surface area contributed by atoms with Gasteiger partial charge in [-0.05, 0) is 11.6 Å². The second kappa shape index (κ2) is 8.41. The number of carbonyl (C=O) groups excluding carboxylic acids is 1. The molecule has 0 fully saturated rings. The Balaban J connectivity index is 1.60. The van der Waals surface area contributed by atoms with Crippen molar-refractivity contribution in [3.8, 4) is 11.3 Å². The maximum absolute atomic E-state index is 13.2. The highest BCUT2D eigenvalue weighted by Crippen LogP contribution is 2.33. The van der Waals surface area contributed by atoms with Gasteiger partial charge >= 0.3 is 0 Å². The maximum atomic E-state index is 13.2. The van der Waals surface area contributed by atoms with Gasteiger partial charge in [0.2, 0.25) is 5.13 Å². The van der Waals surface area contributed by atoms with E-state index in [-0.39, 0.29) is 5.78 Å². The van der Waals surface area contributed by atoms with E-state index in [1.165, 1.54) is 23.1 Å². The van der Waals surface area contributed by atoms with E-state index in [4.69, 9.17) is 0 Å². The minimum Gasteiger partial charge on any atom is -0.357 e. The quantitative estimate of drug-likeness (QED) is 0.237. The van der Waals surface area contributed by atoms with Gasteiger partial charge < -0.3 is 10.3 Å². The number of nitrogens with zero attached hydrogens (tertiary/aromatic N) is 2. The highest BCUT2D eigenvalue weighted by Gasteiger charge is 2.20. The molecule has 28 heavy (non-hydrogen) atoms. The topological polar surface area (TPSA) is 70.7 Å². The van der Waals surface area contributed by atoms with Crippen LogP contribution in [0, 0.1) is 0 Å². The van der Waals surface area contributed by atoms with Crippen LogP contribution in [0.15, 0.2) is 71.6 Å². The highest BCUT2D eigenvalue weighted by atomic mass is 32.2. The molecule has 0 bridgehead atoms. The zero-order chi connectivity index (χ0) is 19.3. The number of anilines is 1. The number of aromatic amines is 1. The largest absolute Gasteiger partial charge is 0.357 e. The Bertz CT molecular complexity index is 1120. The third-order valence-corrected chi connectivity index (χ3v) is 6.19. The number of ketones is 1. The van der Waals surface area contributed by atoms with Crippen LogP contribution in [-0.2, 0) is 0 Å². The van der Waals surface area contributed by atoms with Crippen molar-refractivity contribution in [2.45, 2.75) is 4.34 Å². The molecule has 0 aliphatic rings. The molecule has 2 aromatic heterocycles. The lowest BCUT2D eigenvalue weighted by molar-refractivity contribution is 0.102. The third-order valence-electron chi connectivity index (χ3n) is 4.18. The van der Waals surface area contributed by atoms with Crippen molar-refractivity contribution < 1.29 is 4.79 Å². The van der Waals surface area contributed by atoms with Crippen molar-refractivity contribution in [3.63, 3.8) is 0 Å². The summed E-state index contributed by atoms with van der Waals surface area (Å²) >= 11 is 2.85. The van der Waals surface area contributed by atoms with Crippen LogP contribution >= 0.6 is 23.1 Å². The lowest BCUT2D eigenvalue weighted by atomic mass is 10.0. The molecule has 0 saturated carbocycles. The number of fused-ring (bicyclic) bond motifs is 1. The van der Waals surface area contributed by atoms with Gasteiger partial charge in [-0.25, -0.2) is 0 Å². The van der Waals surface area contributed by atoms with Gasteiger partial charge in [0.25, 0.3) is 0 Å². The zero-order valence-corrected chi connectivity index (χ0v) is 16.6. The Hall–Kier alpha value is -2.90. The highest BCUT2D eigenvalue weighted by molar-refractivity contribution is 8.01. The summed E-state index contributed by atoms with van der Waals surface area (Å²) < 4.78 is 0.765. The molecular formula is C21H18N4OS2. The molecule has 0 aliphatic heterocycles. The van der Waals surface area contributed by atoms with Crippen molar-refractivity contribution in [1.82, 2.24) is 15.2 Å². The van der Waals surface area contributed by atoms with Crippen molar-refractivity contribution >= 4 is 44.9 Å². The van der Waals surface area contributed by atoms with E-state index in [1.807, 2.05) is 54.6 Å². The zero-order valence-electron chi connectivity index (χ0n) is 15.0. The summed E-state index contributed by atoms with van der Waals surface area (Å²) in [4.78, 5) is 16.6. The number of carbonyl (C=O) groups is 1. The SMILES string of the molecule is C=CCNc1nnc(SCC(=O)c2c(-c3ccccc3)[nH]c3ccccc23)s1. The molecule has 0 amide bonds. The normalized spacial score (nSPS) is 10.9. The Morgan fingerprint density at radius 3 is 2.75 bits per heavy atom. The van der Waals surface area contributed by atoms with Crippen molar-refractivity contribution in [2.24, 2.45) is 0 Å². The van der Waals surface area contributed by atoms with Crippen LogP contribution in [0.1, 0.15) is 10.4 Å². The molecule has 5 nitrogen and oxygen atoms in total. The molecule has 0 aliphatic carbocycles. The number of nitrogens with one attached hydrogen (secondary N) is 2. The number of Topliss-reactive ketones (excluding diaryl/α,β-unsaturated/α-hetero) is 1. The fourth-order valence-electron chi connectivity index (χ4n) is 2.95. The van der Waals surface area contributed by atoms with E-state index in [0.29, 0.717) is 12.3 Å². The first kappa shape index (κ1) is 18.5. The number of para-hydroxylation sites is 1. The predicted octanol–water partition coefficient (Wildman–Crippen LogP) is 5.26. The standard InChI is InChI=1S/C21H18N4OS2/c1-2-12-22-20-24-25-21(28-20)27-13-17(26)18-15-10-6-7-11-16(15)23-19(18)14-8-4-3-5-9-14/h2-11,23H,1,12-13H2,(H,22,24). The van der Waals surface area contributed by atoms with Crippen LogP contribution in [0.2, 0.25) is 0 Å². The average molecular weight is 407 g/mol. The molecule has 4 aromatic rings. The van der Waals surface area contributed by atoms with E-state index in [1.54, 1.807) is 6.08 Å². The van der Waals surface area contributed by atoms with Crippen molar-refractivity contribution in [1.29, 1.82) is 0 Å². The third kappa shape index (κ3) is 3.85. The van der Waals surface area contributed by atoms with E-state index < -0.39 is 0 Å². The Morgan fingerprint density at radius 1 is 1.14 bits per heavy atom. The number of rotatable bonds is 8. The second-order valence-corrected chi connectivity index (χ2v) is 8.24. The van der Waals surface area contributed by atoms with Crippen LogP contribution in [0.5, 0.6) is 0 Å². The van der Waals surface area contributed by atoms with Crippen LogP contribution in [0.4, 0.5) is 5.13 Å². The van der Waals surface area contributed by atoms with Gasteiger partial charge in [-0.3, -0.25) is 4.79 Å². The first-order valence-electron chi connectivity index (χ1n) is 8.76. The maximum Gasteiger partial charge on any atom is 0.206 e. The van der Waals surface area contributed by atoms with Crippen LogP contribution in [0.3, 0.4) is 0 Å². The summed E-state index contributed by atoms with van der Waals surface area (Å²) in [6, 6.07) is 17.8. The van der Waals surface area contributed by atoms with Gasteiger partial charge in [0.1, 0.15) is 0 Å². The molecule has 0 saturated heterocycles. The van der Waals surface area contributed by atoms with Gasteiger partial charge in [0, 0.05) is 17.4 Å². The Labute approximate surface area is 170 Å². The van der Waals surface area contributed by atoms with E-state index in [9.17, 15) is 4.79 Å². The lowest BCUT2D eigenvalue weighted by Crippen LogP contribution is -2.03. The van der Waals surface area contributed by atoms with Gasteiger partial charge in [-0.1, -0.05) is 77.7 Å². The fraction of sp³-hybridized carbons (Fsp3) is 0.0952. The molecule has 0 atom stereocenters. The second-order valence-electron chi connectivity index (χ2n) is 6.04. The summed E-state index contributed by atoms with van der Waals surface area (Å²) in [6.07, 6.45) is 1.76. The minimum atomic E-state index is 0.0668. The molecule has 2 N–H and O–H groups in total. The molecule has 0 spiro atoms. The average Bonchev–Trinajstić information content (AvgIpc) is 3.35. The Morgan fingerprint density at radius 2 is 1.93 bits per heavy atom. The Kier molecular flexibility index (Phi) is 5.55. The first-order chi connectivity index (χ1) is 13.8. The van der Waals surface area contributed by atoms with Gasteiger partial charge in [0.05, 0.1) is 17.0 Å². The summed E-state index contributed by atoms with van der Waals surface area (Å²) in [7, 11) is 0. The van der Waals surface area contributed by atoms with E-state index in [0.717, 1.165) is 37.2 Å². The number of aromatic nitrogens is 3. The van der Waals surface area contributed by atoms with Crippen molar-refractivity contribution in [2.75, 3.05) is 17.6 Å². The lowest BCUT2D eigenvalue weighted by Gasteiger charge is -2.04. The predicted molar refractivity (Wildman–Crippen MR) is 117 cm³/mol. The van der Waals surface area contributed by atoms with Crippen LogP contribution in [0.25, 0.3) is 22.2 Å². The molecule has 140 valence electrons. The summed E-state index contributed by atoms with van der Waals surface area (Å²) in [5.41, 5.74) is 3.54. The van der Waals surface area contributed by atoms with Crippen LogP contribution in [-0.4, -0.2) is 33.3 Å². The number of thioether (sulfide) groups is 1. The monoisotopic (exact) mass is 406 g/mol. The van der Waals surface area contributed by atoms with E-state index >= 15 is 0 Å². The molecule has 2 aromatic carbocycles. The molecule has 7 heteroatoms. The molecule has 4 rings (SSSR count). The van der Waals surface area contributed by atoms with Crippen molar-refractivity contribution in [3.05, 3.63) is 72.8 Å². The van der Waals surface area contributed by atoms with Crippen LogP contribution < -0.4 is 5.32 Å². The number of H-pyrrole nitrogens is 1. The molecular weight excluding hydrogens is 388 g/mol. The molecule has 0 radical (unpaired) electrons. The number of hydrogen-bond donors (Lipinski definition) is 2. The smallest absolute Gasteiger partial charge is 0.206 e. The van der Waals surface area contributed by atoms with E-state index in [2.05, 4.69) is 27.1 Å². The number of hydrogen-bond acceptors (Lipinski definition) is 6. The molecule has 0 unspecified atom stereocenters. The summed E-state index contributed by atoms with van der Waals surface area (Å²) in [6.45, 7) is 4.30. The van der Waals surface area contributed by atoms with Gasteiger partial charge in [-0.2, -0.15) is 0 Å². The summed E-state index contributed by atoms with van der Waals surface area (Å²) in [5.74, 6) is 0.370. The molecule has 2 heterocycles. The van der Waals surface area contributed by atoms with Gasteiger partial charge in [0.15, 0.2) is 10.1 Å².